The van der Waals surface area contributed by atoms with Crippen LogP contribution >= 0.6 is 7.60 Å². The fourth-order valence-electron chi connectivity index (χ4n) is 0. The van der Waals surface area contributed by atoms with Gasteiger partial charge in [0.15, 0.2) is 6.35 Å². The molecule has 0 aliphatic rings. The standard InChI is InChI=1S/CH4O4P/c2-1-6(3,4)5/h1-2H,(H2,3,4,5). The zero-order valence-corrected chi connectivity index (χ0v) is 3.67. The van der Waals surface area contributed by atoms with Gasteiger partial charge < -0.3 is 14.9 Å². The Labute approximate surface area is 34.6 Å². The summed E-state index contributed by atoms with van der Waals surface area (Å²) in [6.45, 7) is 0. The van der Waals surface area contributed by atoms with Gasteiger partial charge in [0.05, 0.1) is 0 Å². The van der Waals surface area contributed by atoms with Crippen molar-refractivity contribution in [3.8, 4) is 0 Å². The highest BCUT2D eigenvalue weighted by atomic mass is 31.2. The van der Waals surface area contributed by atoms with Crippen LogP contribution in [0.5, 0.6) is 0 Å². The maximum atomic E-state index is 9.39. The SMILES string of the molecule is O=P(O)(O)[CH]O. The second kappa shape index (κ2) is 1.71. The van der Waals surface area contributed by atoms with Crippen molar-refractivity contribution in [2.24, 2.45) is 0 Å². The average molecular weight is 111 g/mol. The molecule has 0 heterocycles. The van der Waals surface area contributed by atoms with Gasteiger partial charge in [-0.15, -0.1) is 0 Å². The Morgan fingerprint density at radius 2 is 1.67 bits per heavy atom. The molecule has 0 rings (SSSR count). The van der Waals surface area contributed by atoms with Gasteiger partial charge >= 0.3 is 7.60 Å². The quantitative estimate of drug-likeness (QED) is 0.404. The Hall–Kier alpha value is 0.110. The zero-order chi connectivity index (χ0) is 5.21. The monoisotopic (exact) mass is 111 g/mol. The van der Waals surface area contributed by atoms with Gasteiger partial charge in [0.1, 0.15) is 0 Å². The smallest absolute Gasteiger partial charge is 0.357 e. The molecule has 0 aromatic rings. The number of aliphatic hydroxyl groups is 1. The van der Waals surface area contributed by atoms with Crippen molar-refractivity contribution in [2.75, 3.05) is 0 Å². The van der Waals surface area contributed by atoms with E-state index in [-0.39, 0.29) is 6.35 Å². The van der Waals surface area contributed by atoms with Crippen LogP contribution in [-0.2, 0) is 4.57 Å². The molecule has 5 heteroatoms. The van der Waals surface area contributed by atoms with Crippen LogP contribution in [-0.4, -0.2) is 14.9 Å². The van der Waals surface area contributed by atoms with Crippen molar-refractivity contribution in [2.45, 2.75) is 0 Å². The van der Waals surface area contributed by atoms with Gasteiger partial charge in [-0.05, 0) is 0 Å². The van der Waals surface area contributed by atoms with Gasteiger partial charge in [-0.2, -0.15) is 0 Å². The van der Waals surface area contributed by atoms with Crippen LogP contribution in [0.3, 0.4) is 0 Å². The highest BCUT2D eigenvalue weighted by molar-refractivity contribution is 7.53. The maximum absolute atomic E-state index is 9.39. The fraction of sp³-hybridized carbons (Fsp3) is 0. The number of hydrogen-bond donors (Lipinski definition) is 3. The molecule has 0 saturated carbocycles. The zero-order valence-electron chi connectivity index (χ0n) is 2.77. The number of rotatable bonds is 1. The third-order valence-electron chi connectivity index (χ3n) is 0.150. The van der Waals surface area contributed by atoms with Crippen LogP contribution in [0.15, 0.2) is 0 Å². The van der Waals surface area contributed by atoms with E-state index >= 15 is 0 Å². The molecule has 1 radical (unpaired) electrons. The normalized spacial score (nSPS) is 11.8. The second-order valence-corrected chi connectivity index (χ2v) is 2.11. The molecule has 0 unspecified atom stereocenters. The first-order valence-electron chi connectivity index (χ1n) is 1.10. The van der Waals surface area contributed by atoms with Crippen LogP contribution in [0.25, 0.3) is 0 Å². The molecule has 0 amide bonds. The molecule has 3 N–H and O–H groups in total. The summed E-state index contributed by atoms with van der Waals surface area (Å²) in [7, 11) is -4.22. The Bertz CT molecular complexity index is 71.6. The van der Waals surface area contributed by atoms with E-state index < -0.39 is 7.60 Å². The lowest BCUT2D eigenvalue weighted by Crippen LogP contribution is -1.73. The van der Waals surface area contributed by atoms with Crippen molar-refractivity contribution in [1.29, 1.82) is 0 Å². The van der Waals surface area contributed by atoms with Crippen molar-refractivity contribution in [1.82, 2.24) is 0 Å². The highest BCUT2D eigenvalue weighted by Crippen LogP contribution is 2.35. The summed E-state index contributed by atoms with van der Waals surface area (Å²) in [5, 5.41) is 7.51. The molecule has 0 fully saturated rings. The van der Waals surface area contributed by atoms with Crippen LogP contribution in [0.2, 0.25) is 0 Å². The van der Waals surface area contributed by atoms with Crippen LogP contribution in [0.4, 0.5) is 0 Å². The summed E-state index contributed by atoms with van der Waals surface area (Å²) in [5.41, 5.74) is 0. The third-order valence-corrected chi connectivity index (χ3v) is 0.451. The van der Waals surface area contributed by atoms with Crippen LogP contribution < -0.4 is 0 Å². The topological polar surface area (TPSA) is 77.8 Å². The van der Waals surface area contributed by atoms with Gasteiger partial charge in [-0.1, -0.05) is 0 Å². The molecule has 0 atom stereocenters. The van der Waals surface area contributed by atoms with Crippen molar-refractivity contribution in [3.05, 3.63) is 6.35 Å². The van der Waals surface area contributed by atoms with Crippen LogP contribution in [0, 0.1) is 6.35 Å². The molecular weight excluding hydrogens is 107 g/mol. The van der Waals surface area contributed by atoms with E-state index in [9.17, 15) is 4.57 Å². The molecule has 6 heavy (non-hydrogen) atoms. The summed E-state index contributed by atoms with van der Waals surface area (Å²) < 4.78 is 9.39. The van der Waals surface area contributed by atoms with Crippen molar-refractivity contribution < 1.29 is 19.5 Å². The van der Waals surface area contributed by atoms with E-state index in [4.69, 9.17) is 14.9 Å². The van der Waals surface area contributed by atoms with Crippen molar-refractivity contribution >= 4 is 7.60 Å². The summed E-state index contributed by atoms with van der Waals surface area (Å²) in [6.07, 6.45) is -0.146. The van der Waals surface area contributed by atoms with E-state index in [1.807, 2.05) is 0 Å². The molecule has 0 aromatic carbocycles. The minimum absolute atomic E-state index is 0.146. The Morgan fingerprint density at radius 1 is 1.50 bits per heavy atom. The predicted molar refractivity (Wildman–Crippen MR) is 18.3 cm³/mol. The third kappa shape index (κ3) is 4.11. The van der Waals surface area contributed by atoms with Crippen molar-refractivity contribution in [3.63, 3.8) is 0 Å². The van der Waals surface area contributed by atoms with Gasteiger partial charge in [0, 0.05) is 0 Å². The highest BCUT2D eigenvalue weighted by Gasteiger charge is 2.08. The summed E-state index contributed by atoms with van der Waals surface area (Å²) in [6, 6.07) is 0. The molecule has 4 nitrogen and oxygen atoms in total. The predicted octanol–water partition coefficient (Wildman–Crippen LogP) is -0.344. The van der Waals surface area contributed by atoms with Crippen LogP contribution in [0.1, 0.15) is 0 Å². The first-order valence-corrected chi connectivity index (χ1v) is 2.78. The molecule has 0 aliphatic heterocycles. The van der Waals surface area contributed by atoms with Gasteiger partial charge in [0.25, 0.3) is 0 Å². The minimum atomic E-state index is -4.22. The summed E-state index contributed by atoms with van der Waals surface area (Å²) in [5.74, 6) is 0. The van der Waals surface area contributed by atoms with E-state index in [0.29, 0.717) is 0 Å². The van der Waals surface area contributed by atoms with E-state index in [2.05, 4.69) is 0 Å². The average Bonchev–Trinajstić information content (AvgIpc) is 1.35. The number of aliphatic hydroxyl groups excluding tert-OH is 1. The first kappa shape index (κ1) is 6.11. The Morgan fingerprint density at radius 3 is 1.67 bits per heavy atom. The second-order valence-electron chi connectivity index (χ2n) is 0.705. The summed E-state index contributed by atoms with van der Waals surface area (Å²) in [4.78, 5) is 15.3. The molecule has 0 aromatic heterocycles. The lowest BCUT2D eigenvalue weighted by Gasteiger charge is -1.90. The molecule has 37 valence electrons. The maximum Gasteiger partial charge on any atom is 0.357 e. The minimum Gasteiger partial charge on any atom is -0.378 e. The molecule has 0 spiro atoms. The summed E-state index contributed by atoms with van der Waals surface area (Å²) >= 11 is 0. The lowest BCUT2D eigenvalue weighted by atomic mass is 11.7. The molecule has 0 saturated heterocycles. The van der Waals surface area contributed by atoms with E-state index in [0.717, 1.165) is 0 Å². The first-order chi connectivity index (χ1) is 2.56. The van der Waals surface area contributed by atoms with E-state index in [1.54, 1.807) is 0 Å². The fourth-order valence-corrected chi connectivity index (χ4v) is 0. The Kier molecular flexibility index (Phi) is 1.74. The van der Waals surface area contributed by atoms with Gasteiger partial charge in [-0.3, -0.25) is 4.57 Å². The molecular formula is CH4O4P. The molecule has 0 aliphatic carbocycles. The van der Waals surface area contributed by atoms with Gasteiger partial charge in [0.2, 0.25) is 0 Å². The molecule has 0 bridgehead atoms. The Balaban J connectivity index is 3.48. The lowest BCUT2D eigenvalue weighted by molar-refractivity contribution is 0.331. The van der Waals surface area contributed by atoms with Gasteiger partial charge in [-0.25, -0.2) is 0 Å². The van der Waals surface area contributed by atoms with E-state index in [1.165, 1.54) is 0 Å². The number of hydrogen-bond acceptors (Lipinski definition) is 2. The largest absolute Gasteiger partial charge is 0.378 e.